The molecule has 4 aliphatic rings. The topological polar surface area (TPSA) is 63.6 Å². The summed E-state index contributed by atoms with van der Waals surface area (Å²) in [4.78, 5) is 24.5. The summed E-state index contributed by atoms with van der Waals surface area (Å²) in [6.07, 6.45) is 4.18. The van der Waals surface area contributed by atoms with Crippen LogP contribution in [0.2, 0.25) is 0 Å². The fourth-order valence-electron chi connectivity index (χ4n) is 7.32. The highest BCUT2D eigenvalue weighted by Crippen LogP contribution is 2.67. The highest BCUT2D eigenvalue weighted by molar-refractivity contribution is 5.90. The maximum Gasteiger partial charge on any atom is 0.302 e. The van der Waals surface area contributed by atoms with Crippen LogP contribution >= 0.6 is 0 Å². The molecule has 1 N–H and O–H groups in total. The number of esters is 1. The van der Waals surface area contributed by atoms with Crippen molar-refractivity contribution in [1.82, 2.24) is 0 Å². The van der Waals surface area contributed by atoms with Gasteiger partial charge in [0.2, 0.25) is 0 Å². The Bertz CT molecular complexity index is 636. The number of rotatable bonds is 1. The van der Waals surface area contributed by atoms with Gasteiger partial charge in [-0.25, -0.2) is 4.39 Å². The van der Waals surface area contributed by atoms with E-state index in [0.29, 0.717) is 18.8 Å². The molecule has 0 spiro atoms. The highest BCUT2D eigenvalue weighted by atomic mass is 19.1. The maximum atomic E-state index is 15.9. The molecule has 0 unspecified atom stereocenters. The molecule has 4 fully saturated rings. The molecule has 4 saturated carbocycles. The zero-order valence-corrected chi connectivity index (χ0v) is 16.1. The lowest BCUT2D eigenvalue weighted by atomic mass is 9.44. The average molecular weight is 366 g/mol. The summed E-state index contributed by atoms with van der Waals surface area (Å²) < 4.78 is 21.6. The molecule has 8 atom stereocenters. The van der Waals surface area contributed by atoms with Gasteiger partial charge in [0.15, 0.2) is 11.5 Å². The minimum atomic E-state index is -1.88. The first-order chi connectivity index (χ1) is 12.1. The lowest BCUT2D eigenvalue weighted by Crippen LogP contribution is -2.65. The Balaban J connectivity index is 1.66. The predicted octanol–water partition coefficient (Wildman–Crippen LogP) is 3.59. The van der Waals surface area contributed by atoms with Gasteiger partial charge in [-0.3, -0.25) is 9.59 Å². The fraction of sp³-hybridized carbons (Fsp3) is 0.905. The number of hydrogen-bond donors (Lipinski definition) is 1. The van der Waals surface area contributed by atoms with Crippen molar-refractivity contribution in [2.24, 2.45) is 28.6 Å². The first-order valence-electron chi connectivity index (χ1n) is 10.2. The van der Waals surface area contributed by atoms with E-state index < -0.39 is 17.2 Å². The summed E-state index contributed by atoms with van der Waals surface area (Å²) in [6, 6.07) is 0. The van der Waals surface area contributed by atoms with Crippen LogP contribution in [0, 0.1) is 28.6 Å². The van der Waals surface area contributed by atoms with Crippen LogP contribution in [0.3, 0.4) is 0 Å². The summed E-state index contributed by atoms with van der Waals surface area (Å²) in [5.41, 5.74) is -2.66. The Morgan fingerprint density at radius 2 is 1.88 bits per heavy atom. The molecule has 5 heteroatoms. The van der Waals surface area contributed by atoms with Crippen molar-refractivity contribution in [3.8, 4) is 0 Å². The standard InChI is InChI=1S/C21H31FO4/c1-12(23)26-18-5-4-15-14-10-17(25)21(22)11-13(24)6-9-20(21,3)16(14)7-8-19(15,18)2/h13-16,18,24H,4-11H2,1-3H3/t13-,14+,15+,16+,18+,19+,20-,21+/m1/s1. The van der Waals surface area contributed by atoms with Gasteiger partial charge in [0, 0.05) is 30.6 Å². The predicted molar refractivity (Wildman–Crippen MR) is 94.0 cm³/mol. The van der Waals surface area contributed by atoms with E-state index in [1.807, 2.05) is 6.92 Å². The van der Waals surface area contributed by atoms with E-state index in [1.165, 1.54) is 6.92 Å². The number of ether oxygens (including phenoxy) is 1. The van der Waals surface area contributed by atoms with Crippen LogP contribution in [-0.4, -0.2) is 34.7 Å². The van der Waals surface area contributed by atoms with Crippen LogP contribution in [0.15, 0.2) is 0 Å². The molecular formula is C21H31FO4. The number of carbonyl (C=O) groups excluding carboxylic acids is 2. The summed E-state index contributed by atoms with van der Waals surface area (Å²) in [7, 11) is 0. The Labute approximate surface area is 154 Å². The van der Waals surface area contributed by atoms with Crippen LogP contribution in [0.1, 0.15) is 72.1 Å². The van der Waals surface area contributed by atoms with Gasteiger partial charge in [-0.2, -0.15) is 0 Å². The molecule has 0 aromatic heterocycles. The number of alkyl halides is 1. The molecule has 0 amide bonds. The number of hydrogen-bond acceptors (Lipinski definition) is 4. The molecule has 26 heavy (non-hydrogen) atoms. The average Bonchev–Trinajstić information content (AvgIpc) is 2.87. The lowest BCUT2D eigenvalue weighted by Gasteiger charge is -2.61. The SMILES string of the molecule is CC(=O)O[C@H]1CC[C@H]2[C@@H]3CC(=O)[C@@]4(F)C[C@H](O)CC[C@]4(C)[C@H]3CC[C@]12C. The highest BCUT2D eigenvalue weighted by Gasteiger charge is 2.68. The minimum Gasteiger partial charge on any atom is -0.462 e. The van der Waals surface area contributed by atoms with Crippen LogP contribution in [-0.2, 0) is 14.3 Å². The lowest BCUT2D eigenvalue weighted by molar-refractivity contribution is -0.194. The first-order valence-corrected chi connectivity index (χ1v) is 10.2. The number of Topliss-reactive ketones (excluding diaryl/α,β-unsaturated/α-hetero) is 1. The van der Waals surface area contributed by atoms with E-state index in [0.717, 1.165) is 25.7 Å². The number of fused-ring (bicyclic) bond motifs is 5. The quantitative estimate of drug-likeness (QED) is 0.720. The number of aliphatic hydroxyl groups is 1. The van der Waals surface area contributed by atoms with Crippen LogP contribution in [0.25, 0.3) is 0 Å². The molecule has 146 valence electrons. The van der Waals surface area contributed by atoms with Gasteiger partial charge in [-0.05, 0) is 56.3 Å². The van der Waals surface area contributed by atoms with Crippen molar-refractivity contribution < 1.29 is 23.8 Å². The van der Waals surface area contributed by atoms with Gasteiger partial charge < -0.3 is 9.84 Å². The monoisotopic (exact) mass is 366 g/mol. The van der Waals surface area contributed by atoms with Gasteiger partial charge >= 0.3 is 5.97 Å². The van der Waals surface area contributed by atoms with E-state index in [2.05, 4.69) is 6.92 Å². The van der Waals surface area contributed by atoms with E-state index in [9.17, 15) is 14.7 Å². The smallest absolute Gasteiger partial charge is 0.302 e. The van der Waals surface area contributed by atoms with E-state index in [1.54, 1.807) is 0 Å². The Morgan fingerprint density at radius 3 is 2.58 bits per heavy atom. The molecule has 0 saturated heterocycles. The summed E-state index contributed by atoms with van der Waals surface area (Å²) in [5.74, 6) is 0.107. The second-order valence-electron chi connectivity index (χ2n) is 9.84. The third-order valence-corrected chi connectivity index (χ3v) is 8.76. The summed E-state index contributed by atoms with van der Waals surface area (Å²) in [6.45, 7) is 5.61. The molecule has 4 aliphatic carbocycles. The molecule has 0 aromatic carbocycles. The second kappa shape index (κ2) is 5.76. The summed E-state index contributed by atoms with van der Waals surface area (Å²) >= 11 is 0. The van der Waals surface area contributed by atoms with Gasteiger partial charge in [-0.1, -0.05) is 13.8 Å². The molecule has 0 bridgehead atoms. The first kappa shape index (κ1) is 18.4. The Hall–Kier alpha value is -0.970. The van der Waals surface area contributed by atoms with E-state index in [-0.39, 0.29) is 47.9 Å². The van der Waals surface area contributed by atoms with Crippen LogP contribution in [0.4, 0.5) is 4.39 Å². The van der Waals surface area contributed by atoms with Crippen molar-refractivity contribution in [3.05, 3.63) is 0 Å². The summed E-state index contributed by atoms with van der Waals surface area (Å²) in [5, 5.41) is 10.0. The van der Waals surface area contributed by atoms with Gasteiger partial charge in [0.25, 0.3) is 0 Å². The largest absolute Gasteiger partial charge is 0.462 e. The Kier molecular flexibility index (Phi) is 4.08. The van der Waals surface area contributed by atoms with Gasteiger partial charge in [0.05, 0.1) is 6.10 Å². The van der Waals surface area contributed by atoms with Gasteiger partial charge in [0.1, 0.15) is 6.10 Å². The van der Waals surface area contributed by atoms with E-state index >= 15 is 4.39 Å². The van der Waals surface area contributed by atoms with Crippen LogP contribution in [0.5, 0.6) is 0 Å². The van der Waals surface area contributed by atoms with E-state index in [4.69, 9.17) is 4.74 Å². The Morgan fingerprint density at radius 1 is 1.15 bits per heavy atom. The zero-order valence-electron chi connectivity index (χ0n) is 16.1. The molecular weight excluding hydrogens is 335 g/mol. The molecule has 4 nitrogen and oxygen atoms in total. The molecule has 0 aliphatic heterocycles. The third-order valence-electron chi connectivity index (χ3n) is 8.76. The molecule has 0 aromatic rings. The number of halogens is 1. The molecule has 4 rings (SSSR count). The van der Waals surface area contributed by atoms with Crippen molar-refractivity contribution in [1.29, 1.82) is 0 Å². The zero-order chi connectivity index (χ0) is 18.9. The normalized spacial score (nSPS) is 53.4. The fourth-order valence-corrected chi connectivity index (χ4v) is 7.32. The second-order valence-corrected chi connectivity index (χ2v) is 9.84. The third kappa shape index (κ3) is 2.28. The number of carbonyl (C=O) groups is 2. The number of aliphatic hydroxyl groups excluding tert-OH is 1. The van der Waals surface area contributed by atoms with Crippen molar-refractivity contribution in [2.45, 2.75) is 90.0 Å². The minimum absolute atomic E-state index is 0.0381. The maximum absolute atomic E-state index is 15.9. The molecule has 0 heterocycles. The molecule has 0 radical (unpaired) electrons. The van der Waals surface area contributed by atoms with Crippen molar-refractivity contribution >= 4 is 11.8 Å². The van der Waals surface area contributed by atoms with Gasteiger partial charge in [-0.15, -0.1) is 0 Å². The van der Waals surface area contributed by atoms with Crippen molar-refractivity contribution in [3.63, 3.8) is 0 Å². The number of ketones is 1. The van der Waals surface area contributed by atoms with Crippen LogP contribution < -0.4 is 0 Å². The van der Waals surface area contributed by atoms with Crippen molar-refractivity contribution in [2.75, 3.05) is 0 Å².